The maximum Gasteiger partial charge on any atom is 0.276 e. The fourth-order valence-electron chi connectivity index (χ4n) is 3.87. The first-order chi connectivity index (χ1) is 20.2. The van der Waals surface area contributed by atoms with E-state index in [2.05, 4.69) is 47.7 Å². The monoisotopic (exact) mass is 579 g/mol. The van der Waals surface area contributed by atoms with Gasteiger partial charge >= 0.3 is 0 Å². The second kappa shape index (κ2) is 14.1. The molecule has 218 valence electrons. The van der Waals surface area contributed by atoms with E-state index in [1.807, 2.05) is 0 Å². The van der Waals surface area contributed by atoms with Crippen LogP contribution in [0.1, 0.15) is 46.0 Å². The van der Waals surface area contributed by atoms with E-state index in [0.29, 0.717) is 11.4 Å². The summed E-state index contributed by atoms with van der Waals surface area (Å²) >= 11 is 0. The molecule has 2 N–H and O–H groups in total. The summed E-state index contributed by atoms with van der Waals surface area (Å²) in [4.78, 5) is 32.7. The van der Waals surface area contributed by atoms with Gasteiger partial charge in [0.05, 0.1) is 37.1 Å². The molecule has 1 unspecified atom stereocenters. The number of nitrogens with zero attached hydrogens (tertiary/aromatic N) is 7. The molecule has 0 aromatic carbocycles. The van der Waals surface area contributed by atoms with E-state index in [1.54, 1.807) is 36.5 Å². The SMILES string of the molecule is C=CCC(F)(F)c1ccnc(CNC(=O)c2cn(CC(F)CCc3ccc(NC(=O)Cc4ccccn4)nn3)nn2)c1. The van der Waals surface area contributed by atoms with Gasteiger partial charge in [0.2, 0.25) is 5.91 Å². The van der Waals surface area contributed by atoms with Gasteiger partial charge in [-0.1, -0.05) is 17.4 Å². The van der Waals surface area contributed by atoms with Crippen molar-refractivity contribution in [3.05, 3.63) is 102 Å². The number of aromatic nitrogens is 7. The number of aryl methyl sites for hydroxylation is 1. The molecule has 2 amide bonds. The number of carbonyl (C=O) groups excluding carboxylic acids is 2. The van der Waals surface area contributed by atoms with Crippen LogP contribution in [-0.4, -0.2) is 53.1 Å². The van der Waals surface area contributed by atoms with Crippen LogP contribution in [0.5, 0.6) is 0 Å². The van der Waals surface area contributed by atoms with Gasteiger partial charge in [0.25, 0.3) is 11.8 Å². The van der Waals surface area contributed by atoms with Crippen molar-refractivity contribution in [1.29, 1.82) is 0 Å². The Morgan fingerprint density at radius 3 is 2.60 bits per heavy atom. The van der Waals surface area contributed by atoms with Crippen LogP contribution in [0.4, 0.5) is 19.0 Å². The van der Waals surface area contributed by atoms with Crippen LogP contribution in [0.15, 0.2) is 73.7 Å². The lowest BCUT2D eigenvalue weighted by Crippen LogP contribution is -2.24. The highest BCUT2D eigenvalue weighted by Gasteiger charge is 2.30. The minimum Gasteiger partial charge on any atom is -0.345 e. The largest absolute Gasteiger partial charge is 0.345 e. The third kappa shape index (κ3) is 8.74. The molecule has 0 spiro atoms. The number of alkyl halides is 3. The summed E-state index contributed by atoms with van der Waals surface area (Å²) < 4.78 is 44.1. The van der Waals surface area contributed by atoms with Crippen LogP contribution in [0, 0.1) is 0 Å². The predicted octanol–water partition coefficient (Wildman–Crippen LogP) is 3.61. The maximum absolute atomic E-state index is 14.6. The molecular weight excluding hydrogens is 551 g/mol. The van der Waals surface area contributed by atoms with E-state index in [1.165, 1.54) is 29.2 Å². The van der Waals surface area contributed by atoms with Crippen molar-refractivity contribution in [3.8, 4) is 0 Å². The summed E-state index contributed by atoms with van der Waals surface area (Å²) in [6.45, 7) is 3.09. The number of hydrogen-bond donors (Lipinski definition) is 2. The summed E-state index contributed by atoms with van der Waals surface area (Å²) in [7, 11) is 0. The quantitative estimate of drug-likeness (QED) is 0.216. The molecule has 4 rings (SSSR count). The number of anilines is 1. The highest BCUT2D eigenvalue weighted by atomic mass is 19.3. The number of halogens is 3. The Hall–Kier alpha value is -5.01. The number of allylic oxidation sites excluding steroid dienone is 1. The van der Waals surface area contributed by atoms with Crippen LogP contribution in [0.2, 0.25) is 0 Å². The lowest BCUT2D eigenvalue weighted by atomic mass is 10.1. The number of pyridine rings is 2. The normalized spacial score (nSPS) is 12.0. The van der Waals surface area contributed by atoms with Gasteiger partial charge in [0, 0.05) is 30.1 Å². The van der Waals surface area contributed by atoms with Crippen molar-refractivity contribution < 1.29 is 22.8 Å². The zero-order valence-corrected chi connectivity index (χ0v) is 22.5. The Bertz CT molecular complexity index is 1500. The molecule has 0 radical (unpaired) electrons. The van der Waals surface area contributed by atoms with E-state index >= 15 is 0 Å². The lowest BCUT2D eigenvalue weighted by Gasteiger charge is -2.15. The molecule has 4 aromatic heterocycles. The van der Waals surface area contributed by atoms with Crippen molar-refractivity contribution in [3.63, 3.8) is 0 Å². The Labute approximate surface area is 239 Å². The average Bonchev–Trinajstić information content (AvgIpc) is 3.44. The Morgan fingerprint density at radius 1 is 1.02 bits per heavy atom. The van der Waals surface area contributed by atoms with E-state index in [9.17, 15) is 22.8 Å². The average molecular weight is 580 g/mol. The highest BCUT2D eigenvalue weighted by molar-refractivity contribution is 5.92. The topological polar surface area (TPSA) is 140 Å². The Balaban J connectivity index is 1.20. The molecular formula is C28H28F3N9O2. The minimum absolute atomic E-state index is 0.0538. The number of carbonyl (C=O) groups is 2. The van der Waals surface area contributed by atoms with Crippen LogP contribution in [0.25, 0.3) is 0 Å². The molecule has 1 atom stereocenters. The van der Waals surface area contributed by atoms with Crippen LogP contribution < -0.4 is 10.6 Å². The summed E-state index contributed by atoms with van der Waals surface area (Å²) in [5.41, 5.74) is 1.12. The Morgan fingerprint density at radius 2 is 1.86 bits per heavy atom. The number of hydrogen-bond acceptors (Lipinski definition) is 8. The van der Waals surface area contributed by atoms with E-state index in [4.69, 9.17) is 0 Å². The fraction of sp³-hybridized carbons (Fsp3) is 0.286. The molecule has 0 aliphatic rings. The summed E-state index contributed by atoms with van der Waals surface area (Å²) in [6.07, 6.45) is 3.95. The molecule has 0 bridgehead atoms. The molecule has 0 saturated heterocycles. The summed E-state index contributed by atoms with van der Waals surface area (Å²) in [6, 6.07) is 11.0. The zero-order valence-electron chi connectivity index (χ0n) is 22.5. The van der Waals surface area contributed by atoms with Gasteiger partial charge in [-0.25, -0.2) is 17.9 Å². The van der Waals surface area contributed by atoms with E-state index in [0.717, 1.165) is 6.08 Å². The smallest absolute Gasteiger partial charge is 0.276 e. The summed E-state index contributed by atoms with van der Waals surface area (Å²) in [5, 5.41) is 20.7. The first-order valence-corrected chi connectivity index (χ1v) is 13.0. The number of nitrogens with one attached hydrogen (secondary N) is 2. The van der Waals surface area contributed by atoms with Gasteiger partial charge in [0.1, 0.15) is 6.17 Å². The zero-order chi connectivity index (χ0) is 30.0. The second-order valence-corrected chi connectivity index (χ2v) is 9.33. The molecule has 0 aliphatic carbocycles. The number of amides is 2. The van der Waals surface area contributed by atoms with Crippen molar-refractivity contribution in [2.75, 3.05) is 5.32 Å². The fourth-order valence-corrected chi connectivity index (χ4v) is 3.87. The van der Waals surface area contributed by atoms with Crippen molar-refractivity contribution in [2.45, 2.75) is 50.9 Å². The summed E-state index contributed by atoms with van der Waals surface area (Å²) in [5.74, 6) is -3.71. The van der Waals surface area contributed by atoms with Gasteiger partial charge in [-0.2, -0.15) is 5.10 Å². The first kappa shape index (κ1) is 30.0. The van der Waals surface area contributed by atoms with Crippen molar-refractivity contribution in [1.82, 2.24) is 40.5 Å². The molecule has 0 fully saturated rings. The Kier molecular flexibility index (Phi) is 10.0. The van der Waals surface area contributed by atoms with Crippen LogP contribution >= 0.6 is 0 Å². The second-order valence-electron chi connectivity index (χ2n) is 9.33. The molecule has 4 heterocycles. The van der Waals surface area contributed by atoms with Crippen LogP contribution in [-0.2, 0) is 36.6 Å². The molecule has 42 heavy (non-hydrogen) atoms. The van der Waals surface area contributed by atoms with Gasteiger partial charge < -0.3 is 10.6 Å². The van der Waals surface area contributed by atoms with Gasteiger partial charge in [-0.3, -0.25) is 19.6 Å². The molecule has 0 saturated carbocycles. The molecule has 11 nitrogen and oxygen atoms in total. The van der Waals surface area contributed by atoms with Crippen molar-refractivity contribution in [2.24, 2.45) is 0 Å². The third-order valence-electron chi connectivity index (χ3n) is 5.99. The van der Waals surface area contributed by atoms with Gasteiger partial charge in [-0.05, 0) is 49.2 Å². The molecule has 0 aliphatic heterocycles. The highest BCUT2D eigenvalue weighted by Crippen LogP contribution is 2.31. The van der Waals surface area contributed by atoms with Gasteiger partial charge in [-0.15, -0.1) is 16.8 Å². The van der Waals surface area contributed by atoms with Crippen molar-refractivity contribution >= 4 is 17.6 Å². The first-order valence-electron chi connectivity index (χ1n) is 13.0. The molecule has 4 aromatic rings. The lowest BCUT2D eigenvalue weighted by molar-refractivity contribution is -0.115. The third-order valence-corrected chi connectivity index (χ3v) is 5.99. The van der Waals surface area contributed by atoms with E-state index < -0.39 is 24.4 Å². The maximum atomic E-state index is 14.6. The predicted molar refractivity (Wildman–Crippen MR) is 146 cm³/mol. The van der Waals surface area contributed by atoms with Crippen LogP contribution in [0.3, 0.4) is 0 Å². The van der Waals surface area contributed by atoms with E-state index in [-0.39, 0.29) is 61.0 Å². The minimum atomic E-state index is -3.09. The number of rotatable bonds is 14. The van der Waals surface area contributed by atoms with Gasteiger partial charge in [0.15, 0.2) is 11.5 Å². The molecule has 14 heteroatoms. The standard InChI is InChI=1S/C28H28F3N9O2/c1-2-11-28(30,31)19-10-13-33-23(14-19)16-34-27(42)24-18-40(39-37-24)17-20(29)6-7-21-8-9-25(38-36-21)35-26(41)15-22-5-3-4-12-32-22/h2-5,8-10,12-14,18,20H,1,6-7,11,15-17H2,(H,34,42)(H,35,38,41).